The van der Waals surface area contributed by atoms with Crippen molar-refractivity contribution in [2.45, 2.75) is 6.54 Å². The van der Waals surface area contributed by atoms with E-state index in [0.29, 0.717) is 22.8 Å². The highest BCUT2D eigenvalue weighted by Gasteiger charge is 2.22. The highest BCUT2D eigenvalue weighted by Crippen LogP contribution is 2.25. The Labute approximate surface area is 155 Å². The van der Waals surface area contributed by atoms with Crippen LogP contribution >= 0.6 is 0 Å². The molecule has 0 radical (unpaired) electrons. The van der Waals surface area contributed by atoms with Crippen molar-refractivity contribution in [3.8, 4) is 22.6 Å². The quantitative estimate of drug-likeness (QED) is 0.540. The number of pyridine rings is 1. The molecule has 0 spiro atoms. The van der Waals surface area contributed by atoms with Crippen molar-refractivity contribution in [1.82, 2.24) is 20.2 Å². The molecule has 3 heterocycles. The zero-order chi connectivity index (χ0) is 18.6. The number of benzene rings is 1. The fourth-order valence-corrected chi connectivity index (χ4v) is 2.75. The molecule has 3 aromatic heterocycles. The predicted molar refractivity (Wildman–Crippen MR) is 97.5 cm³/mol. The first-order valence-electron chi connectivity index (χ1n) is 8.34. The summed E-state index contributed by atoms with van der Waals surface area (Å²) >= 11 is 0. The lowest BCUT2D eigenvalue weighted by molar-refractivity contribution is 0.0772. The van der Waals surface area contributed by atoms with Gasteiger partial charge in [0, 0.05) is 36.6 Å². The van der Waals surface area contributed by atoms with Crippen LogP contribution in [0.2, 0.25) is 0 Å². The van der Waals surface area contributed by atoms with E-state index in [1.165, 1.54) is 11.1 Å². The zero-order valence-electron chi connectivity index (χ0n) is 14.6. The van der Waals surface area contributed by atoms with Gasteiger partial charge in [-0.05, 0) is 12.1 Å². The van der Waals surface area contributed by atoms with Crippen LogP contribution in [0.3, 0.4) is 0 Å². The second kappa shape index (κ2) is 7.25. The van der Waals surface area contributed by atoms with E-state index in [-0.39, 0.29) is 12.5 Å². The average molecular weight is 360 g/mol. The van der Waals surface area contributed by atoms with Crippen molar-refractivity contribution in [2.75, 3.05) is 7.05 Å². The molecule has 4 aromatic rings. The largest absolute Gasteiger partial charge is 0.359 e. The molecule has 0 unspecified atom stereocenters. The number of nitrogens with zero attached hydrogens (tertiary/aromatic N) is 4. The third-order valence-electron chi connectivity index (χ3n) is 4.11. The minimum Gasteiger partial charge on any atom is -0.359 e. The Kier molecular flexibility index (Phi) is 4.49. The van der Waals surface area contributed by atoms with Crippen LogP contribution in [0, 0.1) is 0 Å². The van der Waals surface area contributed by atoms with E-state index in [1.807, 2.05) is 48.5 Å². The molecule has 0 saturated heterocycles. The normalized spacial score (nSPS) is 10.7. The maximum absolute atomic E-state index is 12.8. The Morgan fingerprint density at radius 3 is 2.59 bits per heavy atom. The molecule has 7 heteroatoms. The molecular weight excluding hydrogens is 344 g/mol. The maximum Gasteiger partial charge on any atom is 0.259 e. The van der Waals surface area contributed by atoms with Crippen LogP contribution < -0.4 is 0 Å². The van der Waals surface area contributed by atoms with Gasteiger partial charge in [0.1, 0.15) is 11.3 Å². The number of aromatic nitrogens is 3. The number of carbonyl (C=O) groups is 1. The van der Waals surface area contributed by atoms with Gasteiger partial charge in [-0.1, -0.05) is 40.6 Å². The van der Waals surface area contributed by atoms with Crippen molar-refractivity contribution in [3.63, 3.8) is 0 Å². The summed E-state index contributed by atoms with van der Waals surface area (Å²) in [5, 5.41) is 7.84. The number of carbonyl (C=O) groups excluding carboxylic acids is 1. The van der Waals surface area contributed by atoms with Crippen LogP contribution in [0.4, 0.5) is 0 Å². The third kappa shape index (κ3) is 3.48. The second-order valence-electron chi connectivity index (χ2n) is 6.01. The van der Waals surface area contributed by atoms with Gasteiger partial charge in [0.15, 0.2) is 11.5 Å². The first-order chi connectivity index (χ1) is 13.2. The molecule has 1 aromatic carbocycles. The monoisotopic (exact) mass is 360 g/mol. The lowest BCUT2D eigenvalue weighted by Gasteiger charge is -2.14. The Hall–Kier alpha value is -3.74. The Morgan fingerprint density at radius 1 is 1.04 bits per heavy atom. The topological polar surface area (TPSA) is 85.3 Å². The third-order valence-corrected chi connectivity index (χ3v) is 4.11. The van der Waals surface area contributed by atoms with Crippen molar-refractivity contribution >= 4 is 5.91 Å². The molecule has 0 aliphatic heterocycles. The fourth-order valence-electron chi connectivity index (χ4n) is 2.75. The first-order valence-corrected chi connectivity index (χ1v) is 8.34. The van der Waals surface area contributed by atoms with E-state index in [1.54, 1.807) is 19.4 Å². The molecule has 0 aliphatic carbocycles. The van der Waals surface area contributed by atoms with E-state index in [2.05, 4.69) is 15.3 Å². The van der Waals surface area contributed by atoms with Gasteiger partial charge in [-0.2, -0.15) is 0 Å². The van der Waals surface area contributed by atoms with Gasteiger partial charge < -0.3 is 13.9 Å². The molecule has 0 bridgehead atoms. The molecule has 4 rings (SSSR count). The summed E-state index contributed by atoms with van der Waals surface area (Å²) in [6.45, 7) is 0.274. The maximum atomic E-state index is 12.8. The summed E-state index contributed by atoms with van der Waals surface area (Å²) in [6.07, 6.45) is 4.82. The van der Waals surface area contributed by atoms with Gasteiger partial charge >= 0.3 is 0 Å². The molecule has 134 valence electrons. The van der Waals surface area contributed by atoms with E-state index in [0.717, 1.165) is 11.1 Å². The van der Waals surface area contributed by atoms with Crippen LogP contribution in [0.25, 0.3) is 22.6 Å². The van der Waals surface area contributed by atoms with Crippen molar-refractivity contribution < 1.29 is 13.8 Å². The minimum atomic E-state index is -0.211. The summed E-state index contributed by atoms with van der Waals surface area (Å²) in [5.41, 5.74) is 2.80. The van der Waals surface area contributed by atoms with E-state index in [4.69, 9.17) is 9.05 Å². The van der Waals surface area contributed by atoms with Crippen LogP contribution in [0.1, 0.15) is 16.1 Å². The summed E-state index contributed by atoms with van der Waals surface area (Å²) in [6, 6.07) is 14.9. The number of hydrogen-bond acceptors (Lipinski definition) is 6. The zero-order valence-corrected chi connectivity index (χ0v) is 14.6. The molecule has 0 aliphatic rings. The highest BCUT2D eigenvalue weighted by molar-refractivity contribution is 5.99. The smallest absolute Gasteiger partial charge is 0.259 e. The lowest BCUT2D eigenvalue weighted by atomic mass is 10.1. The number of rotatable bonds is 5. The molecule has 0 atom stereocenters. The SMILES string of the molecule is CN(Cc1cc(-c2ccncc2)no1)C(=O)c1cnoc1-c1ccccc1. The minimum absolute atomic E-state index is 0.211. The Bertz CT molecular complexity index is 1040. The summed E-state index contributed by atoms with van der Waals surface area (Å²) in [5.74, 6) is 0.815. The van der Waals surface area contributed by atoms with Gasteiger partial charge in [-0.25, -0.2) is 0 Å². The number of amides is 1. The average Bonchev–Trinajstić information content (AvgIpc) is 3.38. The van der Waals surface area contributed by atoms with Crippen molar-refractivity contribution in [2.24, 2.45) is 0 Å². The van der Waals surface area contributed by atoms with Gasteiger partial charge in [-0.3, -0.25) is 9.78 Å². The number of hydrogen-bond donors (Lipinski definition) is 0. The molecule has 27 heavy (non-hydrogen) atoms. The van der Waals surface area contributed by atoms with Crippen LogP contribution in [-0.4, -0.2) is 33.2 Å². The van der Waals surface area contributed by atoms with Crippen LogP contribution in [0.5, 0.6) is 0 Å². The van der Waals surface area contributed by atoms with Crippen molar-refractivity contribution in [1.29, 1.82) is 0 Å². The lowest BCUT2D eigenvalue weighted by Crippen LogP contribution is -2.26. The molecule has 0 saturated carbocycles. The Morgan fingerprint density at radius 2 is 1.81 bits per heavy atom. The van der Waals surface area contributed by atoms with Gasteiger partial charge in [0.05, 0.1) is 12.7 Å². The summed E-state index contributed by atoms with van der Waals surface area (Å²) in [7, 11) is 1.69. The molecule has 7 nitrogen and oxygen atoms in total. The van der Waals surface area contributed by atoms with Gasteiger partial charge in [-0.15, -0.1) is 0 Å². The van der Waals surface area contributed by atoms with Gasteiger partial charge in [0.2, 0.25) is 0 Å². The van der Waals surface area contributed by atoms with E-state index in [9.17, 15) is 4.79 Å². The van der Waals surface area contributed by atoms with E-state index < -0.39 is 0 Å². The highest BCUT2D eigenvalue weighted by atomic mass is 16.5. The fraction of sp³-hybridized carbons (Fsp3) is 0.100. The molecule has 1 amide bonds. The predicted octanol–water partition coefficient (Wildman–Crippen LogP) is 3.66. The standard InChI is InChI=1S/C20H16N4O3/c1-24(13-16-11-18(23-26-16)14-7-9-21-10-8-14)20(25)17-12-22-27-19(17)15-5-3-2-4-6-15/h2-12H,13H2,1H3. The summed E-state index contributed by atoms with van der Waals surface area (Å²) in [4.78, 5) is 18.4. The van der Waals surface area contributed by atoms with Crippen LogP contribution in [-0.2, 0) is 6.54 Å². The van der Waals surface area contributed by atoms with Crippen molar-refractivity contribution in [3.05, 3.63) is 78.4 Å². The van der Waals surface area contributed by atoms with E-state index >= 15 is 0 Å². The summed E-state index contributed by atoms with van der Waals surface area (Å²) < 4.78 is 10.7. The Balaban J connectivity index is 1.51. The molecular formula is C20H16N4O3. The van der Waals surface area contributed by atoms with Gasteiger partial charge in [0.25, 0.3) is 5.91 Å². The van der Waals surface area contributed by atoms with Crippen LogP contribution in [0.15, 0.2) is 76.2 Å². The molecule has 0 fully saturated rings. The second-order valence-corrected chi connectivity index (χ2v) is 6.01. The molecule has 0 N–H and O–H groups in total. The first kappa shape index (κ1) is 16.7.